The van der Waals surface area contributed by atoms with Crippen LogP contribution >= 0.6 is 0 Å². The highest BCUT2D eigenvalue weighted by Gasteiger charge is 2.28. The quantitative estimate of drug-likeness (QED) is 0.906. The number of hydrogen-bond acceptors (Lipinski definition) is 3. The average Bonchev–Trinajstić information content (AvgIpc) is 2.48. The highest BCUT2D eigenvalue weighted by atomic mass is 16.5. The predicted molar refractivity (Wildman–Crippen MR) is 85.7 cm³/mol. The van der Waals surface area contributed by atoms with E-state index in [1.54, 1.807) is 0 Å². The molecule has 1 N–H and O–H groups in total. The molecule has 0 radical (unpaired) electrons. The minimum atomic E-state index is 0.113. The molecule has 0 aliphatic heterocycles. The molecule has 0 saturated heterocycles. The third kappa shape index (κ3) is 4.46. The van der Waals surface area contributed by atoms with E-state index in [9.17, 15) is 4.79 Å². The van der Waals surface area contributed by atoms with Crippen LogP contribution in [-0.4, -0.2) is 37.6 Å². The van der Waals surface area contributed by atoms with Crippen molar-refractivity contribution >= 4 is 11.6 Å². The van der Waals surface area contributed by atoms with Crippen LogP contribution in [0.2, 0.25) is 0 Å². The summed E-state index contributed by atoms with van der Waals surface area (Å²) in [5.41, 5.74) is 0.818. The summed E-state index contributed by atoms with van der Waals surface area (Å²) in [5.74, 6) is 1.04. The van der Waals surface area contributed by atoms with E-state index in [-0.39, 0.29) is 11.8 Å². The number of hydrogen-bond donors (Lipinski definition) is 1. The van der Waals surface area contributed by atoms with Gasteiger partial charge in [-0.3, -0.25) is 4.79 Å². The summed E-state index contributed by atoms with van der Waals surface area (Å²) >= 11 is 0. The molecular formula is C17H26N2O2. The maximum atomic E-state index is 12.4. The molecule has 0 unspecified atom stereocenters. The van der Waals surface area contributed by atoms with E-state index in [4.69, 9.17) is 4.74 Å². The fourth-order valence-electron chi connectivity index (χ4n) is 2.95. The number of carbonyl (C=O) groups is 1. The Morgan fingerprint density at radius 3 is 2.90 bits per heavy atom. The standard InChI is InChI=1S/C17H26N2O2/c1-4-21-16-10-6-8-14(12-16)18-17(20)13-7-5-9-15(11-13)19(2)3/h6,8,10,12-13,15H,4-5,7,9,11H2,1-3H3,(H,18,20)/t13-,15-/m1/s1. The first-order valence-corrected chi connectivity index (χ1v) is 7.80. The van der Waals surface area contributed by atoms with Crippen LogP contribution in [-0.2, 0) is 4.79 Å². The lowest BCUT2D eigenvalue weighted by atomic mass is 9.84. The highest BCUT2D eigenvalue weighted by molar-refractivity contribution is 5.92. The van der Waals surface area contributed by atoms with Crippen LogP contribution in [0.4, 0.5) is 5.69 Å². The van der Waals surface area contributed by atoms with Crippen LogP contribution in [0, 0.1) is 5.92 Å². The predicted octanol–water partition coefficient (Wildman–Crippen LogP) is 3.14. The molecule has 4 heteroatoms. The van der Waals surface area contributed by atoms with Crippen molar-refractivity contribution in [3.05, 3.63) is 24.3 Å². The average molecular weight is 290 g/mol. The summed E-state index contributed by atoms with van der Waals surface area (Å²) in [6.07, 6.45) is 4.25. The van der Waals surface area contributed by atoms with Gasteiger partial charge in [0.15, 0.2) is 0 Å². The van der Waals surface area contributed by atoms with Crippen LogP contribution in [0.15, 0.2) is 24.3 Å². The first-order chi connectivity index (χ1) is 10.1. The molecule has 1 amide bonds. The molecule has 1 saturated carbocycles. The molecule has 1 aliphatic carbocycles. The molecule has 21 heavy (non-hydrogen) atoms. The largest absolute Gasteiger partial charge is 0.494 e. The third-order valence-electron chi connectivity index (χ3n) is 4.16. The molecule has 0 spiro atoms. The molecule has 2 atom stereocenters. The number of rotatable bonds is 5. The molecule has 2 rings (SSSR count). The monoisotopic (exact) mass is 290 g/mol. The van der Waals surface area contributed by atoms with E-state index in [0.29, 0.717) is 12.6 Å². The van der Waals surface area contributed by atoms with Crippen LogP contribution in [0.3, 0.4) is 0 Å². The van der Waals surface area contributed by atoms with Crippen LogP contribution in [0.5, 0.6) is 5.75 Å². The van der Waals surface area contributed by atoms with E-state index in [2.05, 4.69) is 24.3 Å². The number of nitrogens with one attached hydrogen (secondary N) is 1. The van der Waals surface area contributed by atoms with Crippen molar-refractivity contribution in [2.75, 3.05) is 26.0 Å². The maximum Gasteiger partial charge on any atom is 0.227 e. The van der Waals surface area contributed by atoms with Gasteiger partial charge in [0, 0.05) is 23.7 Å². The molecule has 1 aromatic carbocycles. The van der Waals surface area contributed by atoms with Gasteiger partial charge in [-0.1, -0.05) is 12.5 Å². The third-order valence-corrected chi connectivity index (χ3v) is 4.16. The molecule has 116 valence electrons. The van der Waals surface area contributed by atoms with Crippen LogP contribution < -0.4 is 10.1 Å². The molecule has 1 aromatic rings. The number of anilines is 1. The molecular weight excluding hydrogens is 264 g/mol. The Bertz CT molecular complexity index is 474. The van der Waals surface area contributed by atoms with Crippen molar-refractivity contribution in [2.45, 2.75) is 38.6 Å². The second-order valence-corrected chi connectivity index (χ2v) is 5.93. The van der Waals surface area contributed by atoms with Gasteiger partial charge in [-0.25, -0.2) is 0 Å². The van der Waals surface area contributed by atoms with E-state index in [1.165, 1.54) is 6.42 Å². The topological polar surface area (TPSA) is 41.6 Å². The second-order valence-electron chi connectivity index (χ2n) is 5.93. The van der Waals surface area contributed by atoms with E-state index < -0.39 is 0 Å². The van der Waals surface area contributed by atoms with E-state index >= 15 is 0 Å². The summed E-state index contributed by atoms with van der Waals surface area (Å²) in [5, 5.41) is 3.03. The summed E-state index contributed by atoms with van der Waals surface area (Å²) in [7, 11) is 4.19. The Balaban J connectivity index is 1.96. The lowest BCUT2D eigenvalue weighted by Crippen LogP contribution is -2.37. The van der Waals surface area contributed by atoms with Crippen molar-refractivity contribution in [3.63, 3.8) is 0 Å². The highest BCUT2D eigenvalue weighted by Crippen LogP contribution is 2.28. The number of benzene rings is 1. The number of carbonyl (C=O) groups excluding carboxylic acids is 1. The molecule has 1 fully saturated rings. The minimum Gasteiger partial charge on any atom is -0.494 e. The van der Waals surface area contributed by atoms with Gasteiger partial charge in [-0.2, -0.15) is 0 Å². The van der Waals surface area contributed by atoms with Crippen molar-refractivity contribution in [2.24, 2.45) is 5.92 Å². The minimum absolute atomic E-state index is 0.113. The van der Waals surface area contributed by atoms with Crippen LogP contribution in [0.1, 0.15) is 32.6 Å². The summed E-state index contributed by atoms with van der Waals surface area (Å²) in [6, 6.07) is 8.12. The normalized spacial score (nSPS) is 22.1. The van der Waals surface area contributed by atoms with Crippen molar-refractivity contribution in [1.82, 2.24) is 4.90 Å². The Hall–Kier alpha value is -1.55. The van der Waals surface area contributed by atoms with Gasteiger partial charge < -0.3 is 15.0 Å². The van der Waals surface area contributed by atoms with Gasteiger partial charge >= 0.3 is 0 Å². The van der Waals surface area contributed by atoms with E-state index in [0.717, 1.165) is 30.7 Å². The number of ether oxygens (including phenoxy) is 1. The summed E-state index contributed by atoms with van der Waals surface area (Å²) in [6.45, 7) is 2.58. The fourth-order valence-corrected chi connectivity index (χ4v) is 2.95. The fraction of sp³-hybridized carbons (Fsp3) is 0.588. The zero-order valence-electron chi connectivity index (χ0n) is 13.3. The molecule has 4 nitrogen and oxygen atoms in total. The summed E-state index contributed by atoms with van der Waals surface area (Å²) in [4.78, 5) is 14.7. The zero-order chi connectivity index (χ0) is 15.2. The first kappa shape index (κ1) is 15.8. The second kappa shape index (κ2) is 7.46. The van der Waals surface area contributed by atoms with Crippen molar-refractivity contribution < 1.29 is 9.53 Å². The SMILES string of the molecule is CCOc1cccc(NC(=O)[C@@H]2CCC[C@@H](N(C)C)C2)c1. The molecule has 0 bridgehead atoms. The first-order valence-electron chi connectivity index (χ1n) is 7.80. The lowest BCUT2D eigenvalue weighted by molar-refractivity contribution is -0.121. The lowest BCUT2D eigenvalue weighted by Gasteiger charge is -2.32. The van der Waals surface area contributed by atoms with Gasteiger partial charge in [-0.15, -0.1) is 0 Å². The number of nitrogens with zero attached hydrogens (tertiary/aromatic N) is 1. The van der Waals surface area contributed by atoms with Crippen LogP contribution in [0.25, 0.3) is 0 Å². The smallest absolute Gasteiger partial charge is 0.227 e. The Morgan fingerprint density at radius 1 is 1.38 bits per heavy atom. The van der Waals surface area contributed by atoms with Gasteiger partial charge in [0.1, 0.15) is 5.75 Å². The summed E-state index contributed by atoms with van der Waals surface area (Å²) < 4.78 is 5.46. The molecule has 0 heterocycles. The Morgan fingerprint density at radius 2 is 2.19 bits per heavy atom. The van der Waals surface area contributed by atoms with Gasteiger partial charge in [0.2, 0.25) is 5.91 Å². The Kier molecular flexibility index (Phi) is 5.62. The van der Waals surface area contributed by atoms with Gasteiger partial charge in [-0.05, 0) is 52.4 Å². The van der Waals surface area contributed by atoms with Gasteiger partial charge in [0.05, 0.1) is 6.61 Å². The van der Waals surface area contributed by atoms with Gasteiger partial charge in [0.25, 0.3) is 0 Å². The van der Waals surface area contributed by atoms with E-state index in [1.807, 2.05) is 31.2 Å². The maximum absolute atomic E-state index is 12.4. The Labute approximate surface area is 127 Å². The zero-order valence-corrected chi connectivity index (χ0v) is 13.3. The molecule has 1 aliphatic rings. The molecule has 0 aromatic heterocycles. The van der Waals surface area contributed by atoms with Crippen molar-refractivity contribution in [3.8, 4) is 5.75 Å². The van der Waals surface area contributed by atoms with Crippen molar-refractivity contribution in [1.29, 1.82) is 0 Å². The number of amides is 1.